The van der Waals surface area contributed by atoms with E-state index in [0.29, 0.717) is 0 Å². The van der Waals surface area contributed by atoms with Gasteiger partial charge in [0.1, 0.15) is 6.04 Å². The molecule has 1 atom stereocenters. The van der Waals surface area contributed by atoms with Crippen molar-refractivity contribution in [2.75, 3.05) is 6.54 Å². The summed E-state index contributed by atoms with van der Waals surface area (Å²) < 4.78 is 35.7. The average Bonchev–Trinajstić information content (AvgIpc) is 2.19. The lowest BCUT2D eigenvalue weighted by molar-refractivity contribution is -0.175. The number of hydrogen-bond donors (Lipinski definition) is 5. The van der Waals surface area contributed by atoms with Gasteiger partial charge in [0.05, 0.1) is 0 Å². The van der Waals surface area contributed by atoms with Crippen LogP contribution in [0, 0.1) is 5.41 Å². The Hall–Kier alpha value is -2.00. The van der Waals surface area contributed by atoms with Crippen LogP contribution in [0.1, 0.15) is 12.8 Å². The van der Waals surface area contributed by atoms with Gasteiger partial charge in [0.15, 0.2) is 5.96 Å². The van der Waals surface area contributed by atoms with Gasteiger partial charge in [-0.25, -0.2) is 4.79 Å². The van der Waals surface area contributed by atoms with Gasteiger partial charge in [0.2, 0.25) is 0 Å². The molecule has 0 aromatic heterocycles. The number of nitrogens with two attached hydrogens (primary N) is 1. The van der Waals surface area contributed by atoms with E-state index in [-0.39, 0.29) is 25.3 Å². The summed E-state index contributed by atoms with van der Waals surface area (Å²) in [7, 11) is 0. The zero-order chi connectivity index (χ0) is 14.3. The summed E-state index contributed by atoms with van der Waals surface area (Å²) in [5, 5.41) is 19.1. The molecule has 10 heteroatoms. The molecular weight excluding hydrogens is 257 g/mol. The molecule has 0 aliphatic heterocycles. The molecule has 18 heavy (non-hydrogen) atoms. The summed E-state index contributed by atoms with van der Waals surface area (Å²) in [6, 6.07) is -1.63. The van der Waals surface area contributed by atoms with Crippen LogP contribution in [-0.2, 0) is 9.59 Å². The van der Waals surface area contributed by atoms with Crippen molar-refractivity contribution >= 4 is 17.8 Å². The Kier molecular flexibility index (Phi) is 5.93. The predicted octanol–water partition coefficient (Wildman–Crippen LogP) is -0.619. The van der Waals surface area contributed by atoms with Crippen molar-refractivity contribution in [3.05, 3.63) is 0 Å². The highest BCUT2D eigenvalue weighted by molar-refractivity contribution is 5.86. The maximum absolute atomic E-state index is 11.9. The normalized spacial score (nSPS) is 12.6. The number of halogens is 3. The lowest BCUT2D eigenvalue weighted by Gasteiger charge is -2.15. The van der Waals surface area contributed by atoms with Crippen LogP contribution in [0.2, 0.25) is 0 Å². The third-order valence-electron chi connectivity index (χ3n) is 1.85. The van der Waals surface area contributed by atoms with Gasteiger partial charge in [-0.05, 0) is 12.8 Å². The van der Waals surface area contributed by atoms with E-state index in [1.165, 1.54) is 5.32 Å². The van der Waals surface area contributed by atoms with Gasteiger partial charge in [0.25, 0.3) is 0 Å². The molecular formula is C8H13F3N4O3. The standard InChI is InChI=1S/C8H13F3N4O3/c9-8(10,11)6(18)15-4(5(16)17)2-1-3-14-7(12)13/h4H,1-3H2,(H,15,18)(H,16,17)(H4,12,13,14)/t4-/m0/s1. The minimum absolute atomic E-state index is 0.126. The fraction of sp³-hybridized carbons (Fsp3) is 0.625. The van der Waals surface area contributed by atoms with Gasteiger partial charge < -0.3 is 21.5 Å². The molecule has 104 valence electrons. The van der Waals surface area contributed by atoms with E-state index in [4.69, 9.17) is 16.2 Å². The van der Waals surface area contributed by atoms with Crippen molar-refractivity contribution in [1.29, 1.82) is 5.41 Å². The van der Waals surface area contributed by atoms with Crippen LogP contribution < -0.4 is 16.4 Å². The first-order valence-electron chi connectivity index (χ1n) is 4.83. The highest BCUT2D eigenvalue weighted by Crippen LogP contribution is 2.15. The summed E-state index contributed by atoms with van der Waals surface area (Å²) in [6.07, 6.45) is -5.20. The second kappa shape index (κ2) is 6.67. The Bertz CT molecular complexity index is 332. The zero-order valence-corrected chi connectivity index (χ0v) is 9.17. The Morgan fingerprint density at radius 3 is 2.33 bits per heavy atom. The van der Waals surface area contributed by atoms with Crippen molar-refractivity contribution in [2.24, 2.45) is 5.73 Å². The molecule has 0 rings (SSSR count). The van der Waals surface area contributed by atoms with Gasteiger partial charge in [-0.2, -0.15) is 13.2 Å². The Balaban J connectivity index is 4.21. The van der Waals surface area contributed by atoms with Crippen molar-refractivity contribution in [1.82, 2.24) is 10.6 Å². The number of guanidine groups is 1. The third-order valence-corrected chi connectivity index (χ3v) is 1.85. The molecule has 0 unspecified atom stereocenters. The smallest absolute Gasteiger partial charge is 0.471 e. The maximum Gasteiger partial charge on any atom is 0.471 e. The monoisotopic (exact) mass is 270 g/mol. The molecule has 0 spiro atoms. The second-order valence-corrected chi connectivity index (χ2v) is 3.34. The molecule has 0 radical (unpaired) electrons. The van der Waals surface area contributed by atoms with Crippen LogP contribution in [0.4, 0.5) is 13.2 Å². The van der Waals surface area contributed by atoms with Crippen LogP contribution >= 0.6 is 0 Å². The summed E-state index contributed by atoms with van der Waals surface area (Å²) in [4.78, 5) is 21.2. The number of nitrogens with one attached hydrogen (secondary N) is 3. The van der Waals surface area contributed by atoms with Crippen molar-refractivity contribution in [3.63, 3.8) is 0 Å². The molecule has 0 saturated carbocycles. The molecule has 0 aliphatic carbocycles. The van der Waals surface area contributed by atoms with E-state index in [1.807, 2.05) is 0 Å². The largest absolute Gasteiger partial charge is 0.480 e. The summed E-state index contributed by atoms with van der Waals surface area (Å²) in [5.74, 6) is -4.19. The van der Waals surface area contributed by atoms with Crippen LogP contribution in [0.5, 0.6) is 0 Å². The van der Waals surface area contributed by atoms with Crippen molar-refractivity contribution in [2.45, 2.75) is 25.1 Å². The fourth-order valence-corrected chi connectivity index (χ4v) is 1.03. The molecule has 0 aromatic carbocycles. The van der Waals surface area contributed by atoms with Gasteiger partial charge in [-0.1, -0.05) is 0 Å². The number of hydrogen-bond acceptors (Lipinski definition) is 3. The van der Waals surface area contributed by atoms with Crippen LogP contribution in [0.15, 0.2) is 0 Å². The average molecular weight is 270 g/mol. The topological polar surface area (TPSA) is 128 Å². The van der Waals surface area contributed by atoms with Crippen LogP contribution in [0.25, 0.3) is 0 Å². The molecule has 0 aromatic rings. The number of carbonyl (C=O) groups is 2. The number of alkyl halides is 3. The van der Waals surface area contributed by atoms with Crippen molar-refractivity contribution in [3.8, 4) is 0 Å². The minimum Gasteiger partial charge on any atom is -0.480 e. The number of rotatable bonds is 6. The summed E-state index contributed by atoms with van der Waals surface area (Å²) >= 11 is 0. The quantitative estimate of drug-likeness (QED) is 0.250. The highest BCUT2D eigenvalue weighted by atomic mass is 19.4. The number of carboxylic acids is 1. The number of carboxylic acid groups (broad SMARTS) is 1. The molecule has 0 aliphatic rings. The summed E-state index contributed by atoms with van der Waals surface area (Å²) in [5.41, 5.74) is 4.94. The van der Waals surface area contributed by atoms with Gasteiger partial charge in [0, 0.05) is 6.54 Å². The summed E-state index contributed by atoms with van der Waals surface area (Å²) in [6.45, 7) is 0.126. The number of aliphatic carboxylic acids is 1. The molecule has 6 N–H and O–H groups in total. The minimum atomic E-state index is -5.12. The van der Waals surface area contributed by atoms with E-state index >= 15 is 0 Å². The van der Waals surface area contributed by atoms with Crippen molar-refractivity contribution < 1.29 is 27.9 Å². The van der Waals surface area contributed by atoms with Crippen LogP contribution in [0.3, 0.4) is 0 Å². The van der Waals surface area contributed by atoms with E-state index in [9.17, 15) is 22.8 Å². The lowest BCUT2D eigenvalue weighted by atomic mass is 10.1. The van der Waals surface area contributed by atoms with E-state index in [2.05, 4.69) is 5.32 Å². The molecule has 7 nitrogen and oxygen atoms in total. The first kappa shape index (κ1) is 16.0. The fourth-order valence-electron chi connectivity index (χ4n) is 1.03. The SMILES string of the molecule is N=C(N)NCCC[C@H](NC(=O)C(F)(F)F)C(=O)O. The third kappa shape index (κ3) is 6.55. The first-order valence-corrected chi connectivity index (χ1v) is 4.83. The molecule has 0 saturated heterocycles. The first-order chi connectivity index (χ1) is 8.14. The molecule has 0 fully saturated rings. The van der Waals surface area contributed by atoms with Crippen LogP contribution in [-0.4, -0.2) is 41.7 Å². The molecule has 1 amide bonds. The van der Waals surface area contributed by atoms with E-state index in [1.54, 1.807) is 0 Å². The molecule has 0 bridgehead atoms. The Morgan fingerprint density at radius 1 is 1.39 bits per heavy atom. The predicted molar refractivity (Wildman–Crippen MR) is 54.8 cm³/mol. The van der Waals surface area contributed by atoms with Gasteiger partial charge >= 0.3 is 18.1 Å². The van der Waals surface area contributed by atoms with E-state index < -0.39 is 24.1 Å². The highest BCUT2D eigenvalue weighted by Gasteiger charge is 2.40. The lowest BCUT2D eigenvalue weighted by Crippen LogP contribution is -2.47. The Morgan fingerprint density at radius 2 is 1.94 bits per heavy atom. The molecule has 0 heterocycles. The zero-order valence-electron chi connectivity index (χ0n) is 9.17. The maximum atomic E-state index is 11.9. The second-order valence-electron chi connectivity index (χ2n) is 3.34. The van der Waals surface area contributed by atoms with Gasteiger partial charge in [-0.15, -0.1) is 0 Å². The number of carbonyl (C=O) groups excluding carboxylic acids is 1. The number of amides is 1. The Labute approximate surface area is 100 Å². The van der Waals surface area contributed by atoms with E-state index in [0.717, 1.165) is 0 Å². The van der Waals surface area contributed by atoms with Gasteiger partial charge in [-0.3, -0.25) is 10.2 Å².